The van der Waals surface area contributed by atoms with E-state index in [9.17, 15) is 0 Å². The van der Waals surface area contributed by atoms with Crippen LogP contribution in [-0.4, -0.2) is 36.4 Å². The van der Waals surface area contributed by atoms with Gasteiger partial charge in [-0.3, -0.25) is 0 Å². The van der Waals surface area contributed by atoms with Crippen LogP contribution in [-0.2, 0) is 0 Å². The Morgan fingerprint density at radius 2 is 1.88 bits per heavy atom. The number of methoxy groups -OCH3 is 1. The van der Waals surface area contributed by atoms with Crippen LogP contribution < -0.4 is 9.47 Å². The van der Waals surface area contributed by atoms with Crippen LogP contribution in [0, 0.1) is 0 Å². The average molecular weight is 256 g/mol. The number of rotatable bonds is 8. The topological polar surface area (TPSA) is 38.7 Å². The van der Waals surface area contributed by atoms with Gasteiger partial charge in [0.05, 0.1) is 13.7 Å². The summed E-state index contributed by atoms with van der Waals surface area (Å²) in [5.74, 6) is 2.64. The van der Waals surface area contributed by atoms with Crippen molar-refractivity contribution in [3.05, 3.63) is 24.3 Å². The van der Waals surface area contributed by atoms with E-state index in [-0.39, 0.29) is 6.61 Å². The fourth-order valence-electron chi connectivity index (χ4n) is 1.35. The molecule has 0 aromatic heterocycles. The minimum absolute atomic E-state index is 0.257. The van der Waals surface area contributed by atoms with Gasteiger partial charge >= 0.3 is 0 Å². The van der Waals surface area contributed by atoms with Gasteiger partial charge in [-0.1, -0.05) is 6.92 Å². The molecule has 3 nitrogen and oxygen atoms in total. The molecular formula is C13H20O3S. The largest absolute Gasteiger partial charge is 0.497 e. The summed E-state index contributed by atoms with van der Waals surface area (Å²) in [5.41, 5.74) is 0. The van der Waals surface area contributed by atoms with Gasteiger partial charge in [0.25, 0.3) is 0 Å². The third-order valence-electron chi connectivity index (χ3n) is 2.35. The highest BCUT2D eigenvalue weighted by Gasteiger charge is 2.01. The number of thioether (sulfide) groups is 1. The fourth-order valence-corrected chi connectivity index (χ4v) is 2.20. The lowest BCUT2D eigenvalue weighted by molar-refractivity contribution is 0.288. The van der Waals surface area contributed by atoms with Gasteiger partial charge in [0.2, 0.25) is 0 Å². The molecule has 1 N–H and O–H groups in total. The van der Waals surface area contributed by atoms with E-state index in [0.29, 0.717) is 11.9 Å². The molecule has 0 fully saturated rings. The lowest BCUT2D eigenvalue weighted by Gasteiger charge is -2.10. The number of aliphatic hydroxyl groups is 1. The molecular weight excluding hydrogens is 236 g/mol. The maximum absolute atomic E-state index is 8.76. The Morgan fingerprint density at radius 1 is 1.24 bits per heavy atom. The van der Waals surface area contributed by atoms with Crippen molar-refractivity contribution in [3.63, 3.8) is 0 Å². The molecule has 0 aliphatic rings. The molecule has 1 unspecified atom stereocenters. The van der Waals surface area contributed by atoms with Gasteiger partial charge in [-0.15, -0.1) is 0 Å². The van der Waals surface area contributed by atoms with E-state index in [4.69, 9.17) is 14.6 Å². The third-order valence-corrected chi connectivity index (χ3v) is 3.56. The number of hydrogen-bond donors (Lipinski definition) is 1. The zero-order chi connectivity index (χ0) is 12.5. The first-order valence-electron chi connectivity index (χ1n) is 5.75. The van der Waals surface area contributed by atoms with Crippen molar-refractivity contribution in [1.29, 1.82) is 0 Å². The van der Waals surface area contributed by atoms with Crippen LogP contribution in [0.3, 0.4) is 0 Å². The molecule has 0 saturated heterocycles. The van der Waals surface area contributed by atoms with E-state index in [1.807, 2.05) is 36.0 Å². The van der Waals surface area contributed by atoms with Crippen LogP contribution in [0.4, 0.5) is 0 Å². The molecule has 17 heavy (non-hydrogen) atoms. The molecule has 0 aliphatic heterocycles. The van der Waals surface area contributed by atoms with Crippen LogP contribution in [0.5, 0.6) is 11.5 Å². The van der Waals surface area contributed by atoms with E-state index in [1.54, 1.807) is 7.11 Å². The standard InChI is InChI=1S/C13H20O3S/c1-11(7-8-14)17-10-9-16-13-5-3-12(15-2)4-6-13/h3-6,11,14H,7-10H2,1-2H3. The summed E-state index contributed by atoms with van der Waals surface area (Å²) in [6.07, 6.45) is 0.840. The third kappa shape index (κ3) is 5.84. The number of hydrogen-bond acceptors (Lipinski definition) is 4. The lowest BCUT2D eigenvalue weighted by Crippen LogP contribution is -2.06. The lowest BCUT2D eigenvalue weighted by atomic mass is 10.3. The first-order valence-corrected chi connectivity index (χ1v) is 6.80. The SMILES string of the molecule is COc1ccc(OCCSC(C)CCO)cc1. The molecule has 0 bridgehead atoms. The van der Waals surface area contributed by atoms with E-state index in [1.165, 1.54) is 0 Å². The van der Waals surface area contributed by atoms with Crippen LogP contribution >= 0.6 is 11.8 Å². The van der Waals surface area contributed by atoms with Crippen molar-refractivity contribution in [2.24, 2.45) is 0 Å². The number of aliphatic hydroxyl groups excluding tert-OH is 1. The Morgan fingerprint density at radius 3 is 2.47 bits per heavy atom. The molecule has 1 atom stereocenters. The van der Waals surface area contributed by atoms with Crippen LogP contribution in [0.2, 0.25) is 0 Å². The van der Waals surface area contributed by atoms with Gasteiger partial charge in [0.1, 0.15) is 11.5 Å². The van der Waals surface area contributed by atoms with Gasteiger partial charge in [-0.05, 0) is 30.7 Å². The summed E-state index contributed by atoms with van der Waals surface area (Å²) in [6, 6.07) is 7.58. The predicted molar refractivity (Wildman–Crippen MR) is 72.1 cm³/mol. The van der Waals surface area contributed by atoms with Gasteiger partial charge < -0.3 is 14.6 Å². The predicted octanol–water partition coefficient (Wildman–Crippen LogP) is 2.58. The molecule has 96 valence electrons. The zero-order valence-electron chi connectivity index (χ0n) is 10.4. The summed E-state index contributed by atoms with van der Waals surface area (Å²) in [7, 11) is 1.65. The monoisotopic (exact) mass is 256 g/mol. The second-order valence-corrected chi connectivity index (χ2v) is 5.26. The molecule has 1 rings (SSSR count). The molecule has 0 amide bonds. The normalized spacial score (nSPS) is 12.2. The van der Waals surface area contributed by atoms with Crippen molar-refractivity contribution >= 4 is 11.8 Å². The molecule has 0 radical (unpaired) electrons. The van der Waals surface area contributed by atoms with Crippen LogP contribution in [0.25, 0.3) is 0 Å². The van der Waals surface area contributed by atoms with Crippen molar-refractivity contribution in [2.75, 3.05) is 26.1 Å². The van der Waals surface area contributed by atoms with Crippen molar-refractivity contribution < 1.29 is 14.6 Å². The molecule has 0 spiro atoms. The Kier molecular flexibility index (Phi) is 6.89. The Bertz CT molecular complexity index is 300. The van der Waals surface area contributed by atoms with Crippen molar-refractivity contribution in [2.45, 2.75) is 18.6 Å². The molecule has 0 heterocycles. The first kappa shape index (κ1) is 14.2. The summed E-state index contributed by atoms with van der Waals surface area (Å²) in [4.78, 5) is 0. The van der Waals surface area contributed by atoms with Gasteiger partial charge in [-0.2, -0.15) is 11.8 Å². The number of ether oxygens (including phenoxy) is 2. The zero-order valence-corrected chi connectivity index (χ0v) is 11.2. The van der Waals surface area contributed by atoms with Gasteiger partial charge in [0.15, 0.2) is 0 Å². The maximum atomic E-state index is 8.76. The highest BCUT2D eigenvalue weighted by Crippen LogP contribution is 2.18. The van der Waals surface area contributed by atoms with E-state index >= 15 is 0 Å². The minimum atomic E-state index is 0.257. The molecule has 0 saturated carbocycles. The highest BCUT2D eigenvalue weighted by atomic mass is 32.2. The smallest absolute Gasteiger partial charge is 0.119 e. The Balaban J connectivity index is 2.17. The average Bonchev–Trinajstić information content (AvgIpc) is 2.36. The Labute approximate surface area is 107 Å². The molecule has 1 aromatic rings. The molecule has 1 aromatic carbocycles. The quantitative estimate of drug-likeness (QED) is 0.726. The van der Waals surface area contributed by atoms with Gasteiger partial charge in [-0.25, -0.2) is 0 Å². The summed E-state index contributed by atoms with van der Waals surface area (Å²) >= 11 is 1.82. The summed E-state index contributed by atoms with van der Waals surface area (Å²) in [6.45, 7) is 3.06. The second kappa shape index (κ2) is 8.25. The van der Waals surface area contributed by atoms with Crippen molar-refractivity contribution in [1.82, 2.24) is 0 Å². The molecule has 0 aliphatic carbocycles. The number of benzene rings is 1. The van der Waals surface area contributed by atoms with Gasteiger partial charge in [0, 0.05) is 17.6 Å². The second-order valence-electron chi connectivity index (χ2n) is 3.72. The first-order chi connectivity index (χ1) is 8.26. The summed E-state index contributed by atoms with van der Waals surface area (Å²) < 4.78 is 10.7. The summed E-state index contributed by atoms with van der Waals surface area (Å²) in [5, 5.41) is 9.25. The van der Waals surface area contributed by atoms with E-state index in [2.05, 4.69) is 6.92 Å². The Hall–Kier alpha value is -0.870. The maximum Gasteiger partial charge on any atom is 0.119 e. The van der Waals surface area contributed by atoms with Crippen LogP contribution in [0.1, 0.15) is 13.3 Å². The highest BCUT2D eigenvalue weighted by molar-refractivity contribution is 7.99. The van der Waals surface area contributed by atoms with E-state index in [0.717, 1.165) is 23.7 Å². The van der Waals surface area contributed by atoms with Crippen LogP contribution in [0.15, 0.2) is 24.3 Å². The fraction of sp³-hybridized carbons (Fsp3) is 0.538. The van der Waals surface area contributed by atoms with Crippen molar-refractivity contribution in [3.8, 4) is 11.5 Å². The minimum Gasteiger partial charge on any atom is -0.497 e. The molecule has 4 heteroatoms. The van der Waals surface area contributed by atoms with E-state index < -0.39 is 0 Å².